The minimum absolute atomic E-state index is 0.0337. The second-order valence-electron chi connectivity index (χ2n) is 17.8. The van der Waals surface area contributed by atoms with Crippen LogP contribution in [0.3, 0.4) is 0 Å². The standard InChI is InChI=1S/C46H55N9O7S/c1-30(2)37-5-3-4-6-38(37)41-29-47-15-18-54(41)34-24-46(25-34)12-16-53(17-13-46)33-7-8-39(42(22-33)62-35-21-32-9-14-48-43(32)50-27-35)45(56)52-63(59,60)36-23-40(55(57)58)44(51-28-36)49-26-31-10-19-61-20-11-31/h3-9,14,21-23,27-28,30-31,34,41,47H,10-13,15-20,24-26,29H2,1-2H3,(H,48,50)(H,49,51)(H,52,56)/t41-/m0/s1. The van der Waals surface area contributed by atoms with Crippen LogP contribution in [0.15, 0.2) is 84.1 Å². The van der Waals surface area contributed by atoms with Gasteiger partial charge in [0.2, 0.25) is 5.82 Å². The van der Waals surface area contributed by atoms with E-state index in [1.165, 1.54) is 30.2 Å². The van der Waals surface area contributed by atoms with Gasteiger partial charge in [-0.3, -0.25) is 19.8 Å². The first kappa shape index (κ1) is 42.7. The van der Waals surface area contributed by atoms with E-state index in [0.29, 0.717) is 49.2 Å². The van der Waals surface area contributed by atoms with E-state index in [4.69, 9.17) is 9.47 Å². The Bertz CT molecular complexity index is 2580. The number of sulfonamides is 1. The van der Waals surface area contributed by atoms with Crippen LogP contribution in [-0.4, -0.2) is 97.6 Å². The van der Waals surface area contributed by atoms with Crippen molar-refractivity contribution < 1.29 is 27.6 Å². The van der Waals surface area contributed by atoms with Crippen molar-refractivity contribution in [2.24, 2.45) is 11.3 Å². The number of benzene rings is 2. The number of nitrogens with one attached hydrogen (secondary N) is 4. The first-order chi connectivity index (χ1) is 30.4. The van der Waals surface area contributed by atoms with Gasteiger partial charge >= 0.3 is 5.69 Å². The van der Waals surface area contributed by atoms with E-state index in [9.17, 15) is 23.3 Å². The molecule has 6 heterocycles. The summed E-state index contributed by atoms with van der Waals surface area (Å²) in [6.07, 6.45) is 10.3. The Morgan fingerprint density at radius 1 is 1.03 bits per heavy atom. The molecule has 1 spiro atoms. The van der Waals surface area contributed by atoms with E-state index >= 15 is 0 Å². The number of ether oxygens (including phenoxy) is 2. The van der Waals surface area contributed by atoms with Gasteiger partial charge in [0, 0.05) is 94.0 Å². The lowest BCUT2D eigenvalue weighted by molar-refractivity contribution is -0.384. The van der Waals surface area contributed by atoms with Crippen molar-refractivity contribution in [1.82, 2.24) is 29.9 Å². The molecule has 2 aromatic carbocycles. The molecule has 63 heavy (non-hydrogen) atoms. The van der Waals surface area contributed by atoms with Crippen LogP contribution in [0, 0.1) is 21.4 Å². The molecule has 1 saturated carbocycles. The molecule has 17 heteroatoms. The quantitative estimate of drug-likeness (QED) is 0.0689. The number of H-pyrrole nitrogens is 1. The number of amides is 1. The number of piperidine rings is 1. The summed E-state index contributed by atoms with van der Waals surface area (Å²) >= 11 is 0. The molecule has 16 nitrogen and oxygen atoms in total. The highest BCUT2D eigenvalue weighted by atomic mass is 32.2. The van der Waals surface area contributed by atoms with Crippen LogP contribution in [0.5, 0.6) is 11.5 Å². The minimum atomic E-state index is -4.61. The van der Waals surface area contributed by atoms with Crippen molar-refractivity contribution in [3.63, 3.8) is 0 Å². The topological polar surface area (TPSA) is 197 Å². The molecule has 1 aliphatic carbocycles. The maximum Gasteiger partial charge on any atom is 0.312 e. The molecule has 3 aliphatic heterocycles. The maximum absolute atomic E-state index is 13.9. The fourth-order valence-corrected chi connectivity index (χ4v) is 10.9. The lowest BCUT2D eigenvalue weighted by atomic mass is 9.59. The number of aromatic amines is 1. The average Bonchev–Trinajstić information content (AvgIpc) is 3.76. The summed E-state index contributed by atoms with van der Waals surface area (Å²) in [5.74, 6) is 0.198. The number of pyridine rings is 2. The summed E-state index contributed by atoms with van der Waals surface area (Å²) in [5.41, 5.74) is 4.12. The fourth-order valence-electron chi connectivity index (χ4n) is 9.97. The lowest BCUT2D eigenvalue weighted by Crippen LogP contribution is -2.59. The number of aromatic nitrogens is 3. The fraction of sp³-hybridized carbons (Fsp3) is 0.457. The Morgan fingerprint density at radius 3 is 2.60 bits per heavy atom. The van der Waals surface area contributed by atoms with Crippen molar-refractivity contribution in [3.05, 3.63) is 106 Å². The third-order valence-corrected chi connectivity index (χ3v) is 14.8. The Morgan fingerprint density at radius 2 is 1.83 bits per heavy atom. The first-order valence-electron chi connectivity index (χ1n) is 22.0. The van der Waals surface area contributed by atoms with Gasteiger partial charge in [0.25, 0.3) is 15.9 Å². The van der Waals surface area contributed by atoms with E-state index in [2.05, 4.69) is 78.2 Å². The highest BCUT2D eigenvalue weighted by Crippen LogP contribution is 2.53. The van der Waals surface area contributed by atoms with Crippen molar-refractivity contribution in [1.29, 1.82) is 0 Å². The van der Waals surface area contributed by atoms with Crippen LogP contribution >= 0.6 is 0 Å². The zero-order chi connectivity index (χ0) is 43.7. The number of piperazine rings is 1. The van der Waals surface area contributed by atoms with Gasteiger partial charge in [-0.25, -0.2) is 23.1 Å². The molecule has 5 aromatic rings. The van der Waals surface area contributed by atoms with Gasteiger partial charge in [-0.2, -0.15) is 0 Å². The summed E-state index contributed by atoms with van der Waals surface area (Å²) < 4.78 is 41.2. The summed E-state index contributed by atoms with van der Waals surface area (Å²) in [6, 6.07) is 19.5. The van der Waals surface area contributed by atoms with Crippen molar-refractivity contribution in [2.45, 2.75) is 75.3 Å². The zero-order valence-electron chi connectivity index (χ0n) is 35.7. The average molecular weight is 878 g/mol. The number of rotatable bonds is 13. The van der Waals surface area contributed by atoms with Gasteiger partial charge in [-0.1, -0.05) is 38.1 Å². The highest BCUT2D eigenvalue weighted by molar-refractivity contribution is 7.90. The molecule has 0 radical (unpaired) electrons. The van der Waals surface area contributed by atoms with Crippen LogP contribution in [0.4, 0.5) is 17.2 Å². The molecule has 1 amide bonds. The third kappa shape index (κ3) is 9.10. The number of nitrogens with zero attached hydrogens (tertiary/aromatic N) is 5. The summed E-state index contributed by atoms with van der Waals surface area (Å²) in [7, 11) is -4.61. The molecular weight excluding hydrogens is 823 g/mol. The number of anilines is 2. The van der Waals surface area contributed by atoms with Crippen LogP contribution in [0.25, 0.3) is 11.0 Å². The summed E-state index contributed by atoms with van der Waals surface area (Å²) in [5, 5.41) is 19.5. The van der Waals surface area contributed by atoms with Crippen molar-refractivity contribution in [3.8, 4) is 11.5 Å². The molecule has 332 valence electrons. The van der Waals surface area contributed by atoms with Crippen LogP contribution in [-0.2, 0) is 14.8 Å². The van der Waals surface area contributed by atoms with E-state index in [-0.39, 0.29) is 28.5 Å². The van der Waals surface area contributed by atoms with Crippen LogP contribution < -0.4 is 25.0 Å². The maximum atomic E-state index is 13.9. The van der Waals surface area contributed by atoms with E-state index in [0.717, 1.165) is 81.7 Å². The Labute approximate surface area is 367 Å². The van der Waals surface area contributed by atoms with E-state index in [1.54, 1.807) is 24.4 Å². The van der Waals surface area contributed by atoms with E-state index in [1.807, 2.05) is 12.1 Å². The van der Waals surface area contributed by atoms with Crippen LogP contribution in [0.2, 0.25) is 0 Å². The van der Waals surface area contributed by atoms with Gasteiger partial charge in [0.1, 0.15) is 22.0 Å². The Kier molecular flexibility index (Phi) is 12.1. The molecule has 0 bridgehead atoms. The number of hydrogen-bond acceptors (Lipinski definition) is 13. The monoisotopic (exact) mass is 877 g/mol. The number of nitro groups is 1. The molecular formula is C46H55N9O7S. The SMILES string of the molecule is CC(C)c1ccccc1[C@@H]1CNCCN1C1CC2(CCN(c3ccc(C(=O)NS(=O)(=O)c4cnc(NCC5CCOCC5)c([N+](=O)[O-])c4)c(Oc4cnc5[nH]ccc5c4)c3)CC2)C1. The van der Waals surface area contributed by atoms with Crippen LogP contribution in [0.1, 0.15) is 85.8 Å². The zero-order valence-corrected chi connectivity index (χ0v) is 36.5. The second kappa shape index (κ2) is 17.9. The molecule has 4 aliphatic rings. The normalized spacial score (nSPS) is 19.9. The van der Waals surface area contributed by atoms with Gasteiger partial charge in [-0.15, -0.1) is 0 Å². The highest BCUT2D eigenvalue weighted by Gasteiger charge is 2.49. The Balaban J connectivity index is 0.905. The number of hydrogen-bond donors (Lipinski definition) is 4. The first-order valence-corrected chi connectivity index (χ1v) is 23.5. The summed E-state index contributed by atoms with van der Waals surface area (Å²) in [4.78, 5) is 41.4. The smallest absolute Gasteiger partial charge is 0.312 e. The second-order valence-corrected chi connectivity index (χ2v) is 19.5. The van der Waals surface area contributed by atoms with E-state index < -0.39 is 31.4 Å². The molecule has 3 aromatic heterocycles. The molecule has 3 saturated heterocycles. The minimum Gasteiger partial charge on any atom is -0.455 e. The largest absolute Gasteiger partial charge is 0.455 e. The third-order valence-electron chi connectivity index (χ3n) is 13.5. The number of carbonyl (C=O) groups is 1. The predicted octanol–water partition coefficient (Wildman–Crippen LogP) is 7.13. The predicted molar refractivity (Wildman–Crippen MR) is 240 cm³/mol. The van der Waals surface area contributed by atoms with Gasteiger partial charge < -0.3 is 30.0 Å². The number of carbonyl (C=O) groups excluding carboxylic acids is 1. The lowest BCUT2D eigenvalue weighted by Gasteiger charge is -2.57. The summed E-state index contributed by atoms with van der Waals surface area (Å²) in [6.45, 7) is 10.9. The molecule has 4 fully saturated rings. The van der Waals surface area contributed by atoms with Gasteiger partial charge in [0.05, 0.1) is 22.9 Å². The molecule has 4 N–H and O–H groups in total. The molecule has 9 rings (SSSR count). The van der Waals surface area contributed by atoms with Gasteiger partial charge in [0.15, 0.2) is 0 Å². The van der Waals surface area contributed by atoms with Crippen molar-refractivity contribution in [2.75, 3.05) is 62.7 Å². The Hall–Kier alpha value is -5.62. The molecule has 1 atom stereocenters. The van der Waals surface area contributed by atoms with Crippen molar-refractivity contribution >= 4 is 44.2 Å². The molecule has 0 unspecified atom stereocenters. The number of fused-ring (bicyclic) bond motifs is 1. The van der Waals surface area contributed by atoms with Gasteiger partial charge in [-0.05, 0) is 91.2 Å².